The van der Waals surface area contributed by atoms with Crippen LogP contribution in [0.5, 0.6) is 0 Å². The largest absolute Gasteiger partial charge is 0.336 e. The van der Waals surface area contributed by atoms with Gasteiger partial charge in [-0.2, -0.15) is 0 Å². The first-order valence-electron chi connectivity index (χ1n) is 12.0. The van der Waals surface area contributed by atoms with Crippen LogP contribution in [-0.2, 0) is 4.79 Å². The van der Waals surface area contributed by atoms with Crippen molar-refractivity contribution in [1.82, 2.24) is 10.2 Å². The second kappa shape index (κ2) is 9.91. The standard InChI is InChI=1S/C28H27FN4O3/c1-18-3-2-4-20(15-18)28(36)33-24-10-7-21(27(35)32-13-11-30-12-14-32)16-23(24)31-26(34)17-25(33)19-5-8-22(29)9-6-19/h2-10,15-16,25,30H,11-14,17H2,1H3,(H,31,34). The molecular formula is C28H27FN4O3. The van der Waals surface area contributed by atoms with Crippen molar-refractivity contribution in [3.8, 4) is 0 Å². The Bertz CT molecular complexity index is 1320. The van der Waals surface area contributed by atoms with Crippen molar-refractivity contribution < 1.29 is 18.8 Å². The molecule has 2 aliphatic heterocycles. The van der Waals surface area contributed by atoms with E-state index >= 15 is 0 Å². The van der Waals surface area contributed by atoms with E-state index in [1.165, 1.54) is 12.1 Å². The highest BCUT2D eigenvalue weighted by atomic mass is 19.1. The lowest BCUT2D eigenvalue weighted by Crippen LogP contribution is -2.46. The van der Waals surface area contributed by atoms with Crippen LogP contribution >= 0.6 is 0 Å². The Morgan fingerprint density at radius 1 is 0.917 bits per heavy atom. The molecule has 1 saturated heterocycles. The molecule has 1 atom stereocenters. The Morgan fingerprint density at radius 3 is 2.36 bits per heavy atom. The van der Waals surface area contributed by atoms with Crippen LogP contribution < -0.4 is 15.5 Å². The van der Waals surface area contributed by atoms with Gasteiger partial charge in [0.15, 0.2) is 0 Å². The molecule has 2 N–H and O–H groups in total. The van der Waals surface area contributed by atoms with Gasteiger partial charge in [0.2, 0.25) is 5.91 Å². The molecule has 0 saturated carbocycles. The lowest BCUT2D eigenvalue weighted by Gasteiger charge is -2.31. The van der Waals surface area contributed by atoms with Gasteiger partial charge in [-0.1, -0.05) is 29.8 Å². The molecule has 36 heavy (non-hydrogen) atoms. The second-order valence-electron chi connectivity index (χ2n) is 9.14. The smallest absolute Gasteiger partial charge is 0.258 e. The van der Waals surface area contributed by atoms with Crippen LogP contribution in [0, 0.1) is 12.7 Å². The third-order valence-corrected chi connectivity index (χ3v) is 6.61. The minimum absolute atomic E-state index is 0.0149. The first-order chi connectivity index (χ1) is 17.4. The maximum Gasteiger partial charge on any atom is 0.258 e. The molecule has 0 aromatic heterocycles. The zero-order valence-corrected chi connectivity index (χ0v) is 20.0. The number of piperazine rings is 1. The summed E-state index contributed by atoms with van der Waals surface area (Å²) in [6.45, 7) is 4.57. The molecule has 5 rings (SSSR count). The fraction of sp³-hybridized carbons (Fsp3) is 0.250. The van der Waals surface area contributed by atoms with E-state index in [4.69, 9.17) is 0 Å². The molecule has 184 valence electrons. The van der Waals surface area contributed by atoms with Gasteiger partial charge in [-0.05, 0) is 55.0 Å². The fourth-order valence-corrected chi connectivity index (χ4v) is 4.79. The molecule has 3 amide bonds. The van der Waals surface area contributed by atoms with E-state index < -0.39 is 11.9 Å². The monoisotopic (exact) mass is 486 g/mol. The predicted octanol–water partition coefficient (Wildman–Crippen LogP) is 3.91. The van der Waals surface area contributed by atoms with Crippen molar-refractivity contribution in [1.29, 1.82) is 0 Å². The predicted molar refractivity (Wildman–Crippen MR) is 136 cm³/mol. The number of rotatable bonds is 3. The number of amides is 3. The van der Waals surface area contributed by atoms with Crippen molar-refractivity contribution in [3.63, 3.8) is 0 Å². The molecule has 1 unspecified atom stereocenters. The van der Waals surface area contributed by atoms with E-state index in [-0.39, 0.29) is 24.1 Å². The summed E-state index contributed by atoms with van der Waals surface area (Å²) in [5, 5.41) is 6.12. The fourth-order valence-electron chi connectivity index (χ4n) is 4.79. The van der Waals surface area contributed by atoms with Crippen LogP contribution in [0.25, 0.3) is 0 Å². The normalized spacial score (nSPS) is 17.7. The summed E-state index contributed by atoms with van der Waals surface area (Å²) in [4.78, 5) is 43.4. The van der Waals surface area contributed by atoms with E-state index in [2.05, 4.69) is 10.6 Å². The number of benzene rings is 3. The van der Waals surface area contributed by atoms with Gasteiger partial charge < -0.3 is 15.5 Å². The summed E-state index contributed by atoms with van der Waals surface area (Å²) >= 11 is 0. The molecule has 0 bridgehead atoms. The molecule has 8 heteroatoms. The van der Waals surface area contributed by atoms with Crippen LogP contribution in [0.2, 0.25) is 0 Å². The number of carbonyl (C=O) groups excluding carboxylic acids is 3. The summed E-state index contributed by atoms with van der Waals surface area (Å²) in [6, 6.07) is 17.5. The van der Waals surface area contributed by atoms with Crippen LogP contribution in [0.3, 0.4) is 0 Å². The van der Waals surface area contributed by atoms with Crippen molar-refractivity contribution >= 4 is 29.1 Å². The molecule has 0 aliphatic carbocycles. The summed E-state index contributed by atoms with van der Waals surface area (Å²) in [6.07, 6.45) is -0.0149. The summed E-state index contributed by atoms with van der Waals surface area (Å²) in [7, 11) is 0. The van der Waals surface area contributed by atoms with E-state index in [0.29, 0.717) is 41.2 Å². The van der Waals surface area contributed by atoms with Crippen molar-refractivity contribution in [2.24, 2.45) is 0 Å². The molecular weight excluding hydrogens is 459 g/mol. The van der Waals surface area contributed by atoms with Gasteiger partial charge in [-0.3, -0.25) is 19.3 Å². The van der Waals surface area contributed by atoms with Crippen LogP contribution in [0.4, 0.5) is 15.8 Å². The molecule has 0 radical (unpaired) electrons. The number of nitrogens with one attached hydrogen (secondary N) is 2. The van der Waals surface area contributed by atoms with Gasteiger partial charge in [0.25, 0.3) is 11.8 Å². The van der Waals surface area contributed by atoms with Crippen LogP contribution in [0.15, 0.2) is 66.7 Å². The lowest BCUT2D eigenvalue weighted by atomic mass is 9.99. The van der Waals surface area contributed by atoms with E-state index in [1.54, 1.807) is 52.3 Å². The number of nitrogens with zero attached hydrogens (tertiary/aromatic N) is 2. The first kappa shape index (κ1) is 23.7. The minimum Gasteiger partial charge on any atom is -0.336 e. The number of carbonyl (C=O) groups is 3. The van der Waals surface area contributed by atoms with Crippen LogP contribution in [0.1, 0.15) is 44.3 Å². The number of halogens is 1. The maximum absolute atomic E-state index is 13.9. The lowest BCUT2D eigenvalue weighted by molar-refractivity contribution is -0.116. The Labute approximate surface area is 208 Å². The molecule has 7 nitrogen and oxygen atoms in total. The molecule has 2 aliphatic rings. The van der Waals surface area contributed by atoms with Crippen molar-refractivity contribution in [3.05, 3.63) is 94.8 Å². The number of hydrogen-bond donors (Lipinski definition) is 2. The van der Waals surface area contributed by atoms with E-state index in [1.807, 2.05) is 19.1 Å². The third-order valence-electron chi connectivity index (χ3n) is 6.61. The highest BCUT2D eigenvalue weighted by molar-refractivity contribution is 6.12. The number of anilines is 2. The SMILES string of the molecule is Cc1cccc(C(=O)N2c3ccc(C(=O)N4CCNCC4)cc3NC(=O)CC2c2ccc(F)cc2)c1. The van der Waals surface area contributed by atoms with Crippen molar-refractivity contribution in [2.45, 2.75) is 19.4 Å². The van der Waals surface area contributed by atoms with Gasteiger partial charge in [-0.15, -0.1) is 0 Å². The summed E-state index contributed by atoms with van der Waals surface area (Å²) < 4.78 is 13.7. The van der Waals surface area contributed by atoms with Gasteiger partial charge in [-0.25, -0.2) is 4.39 Å². The van der Waals surface area contributed by atoms with Crippen molar-refractivity contribution in [2.75, 3.05) is 36.4 Å². The van der Waals surface area contributed by atoms with Gasteiger partial charge in [0, 0.05) is 37.3 Å². The molecule has 2 heterocycles. The zero-order valence-electron chi connectivity index (χ0n) is 20.0. The highest BCUT2D eigenvalue weighted by Crippen LogP contribution is 2.40. The molecule has 0 spiro atoms. The minimum atomic E-state index is -0.658. The van der Waals surface area contributed by atoms with Crippen LogP contribution in [-0.4, -0.2) is 48.8 Å². The second-order valence-corrected chi connectivity index (χ2v) is 9.14. The molecule has 3 aromatic rings. The number of fused-ring (bicyclic) bond motifs is 1. The quantitative estimate of drug-likeness (QED) is 0.588. The zero-order chi connectivity index (χ0) is 25.2. The Hall–Kier alpha value is -4.04. The number of hydrogen-bond acceptors (Lipinski definition) is 4. The first-order valence-corrected chi connectivity index (χ1v) is 12.0. The Kier molecular flexibility index (Phi) is 6.52. The number of aryl methyl sites for hydroxylation is 1. The van der Waals surface area contributed by atoms with E-state index in [0.717, 1.165) is 18.7 Å². The molecule has 1 fully saturated rings. The van der Waals surface area contributed by atoms with Gasteiger partial charge >= 0.3 is 0 Å². The Morgan fingerprint density at radius 2 is 1.64 bits per heavy atom. The van der Waals surface area contributed by atoms with E-state index in [9.17, 15) is 18.8 Å². The average molecular weight is 487 g/mol. The van der Waals surface area contributed by atoms with Gasteiger partial charge in [0.05, 0.1) is 23.8 Å². The average Bonchev–Trinajstić information content (AvgIpc) is 3.04. The Balaban J connectivity index is 1.60. The topological polar surface area (TPSA) is 81.8 Å². The van der Waals surface area contributed by atoms with Gasteiger partial charge in [0.1, 0.15) is 5.82 Å². The summed E-state index contributed by atoms with van der Waals surface area (Å²) in [5.41, 5.74) is 3.37. The highest BCUT2D eigenvalue weighted by Gasteiger charge is 2.35. The maximum atomic E-state index is 13.9. The summed E-state index contributed by atoms with van der Waals surface area (Å²) in [5.74, 6) is -1.10. The third kappa shape index (κ3) is 4.72. The molecule has 3 aromatic carbocycles.